The van der Waals surface area contributed by atoms with E-state index < -0.39 is 0 Å². The molecule has 0 atom stereocenters. The summed E-state index contributed by atoms with van der Waals surface area (Å²) in [6.45, 7) is 4.61. The molecule has 1 aromatic rings. The predicted molar refractivity (Wildman–Crippen MR) is 77.6 cm³/mol. The van der Waals surface area contributed by atoms with Gasteiger partial charge in [-0.2, -0.15) is 15.0 Å². The Labute approximate surface area is 127 Å². The van der Waals surface area contributed by atoms with Crippen molar-refractivity contribution in [1.82, 2.24) is 15.0 Å². The van der Waals surface area contributed by atoms with E-state index in [0.29, 0.717) is 29.6 Å². The van der Waals surface area contributed by atoms with Gasteiger partial charge in [0, 0.05) is 31.6 Å². The first-order valence-corrected chi connectivity index (χ1v) is 8.06. The predicted octanol–water partition coefficient (Wildman–Crippen LogP) is 1.63. The molecule has 0 saturated carbocycles. The van der Waals surface area contributed by atoms with Crippen LogP contribution in [0.3, 0.4) is 0 Å². The Morgan fingerprint density at radius 2 is 1.70 bits per heavy atom. The minimum absolute atomic E-state index is 0.260. The van der Waals surface area contributed by atoms with Gasteiger partial charge in [0.05, 0.1) is 13.2 Å². The summed E-state index contributed by atoms with van der Waals surface area (Å²) >= 11 is 7.70. The van der Waals surface area contributed by atoms with Crippen LogP contribution in [0, 0.1) is 0 Å². The van der Waals surface area contributed by atoms with E-state index in [2.05, 4.69) is 19.9 Å². The quantitative estimate of drug-likeness (QED) is 0.840. The summed E-state index contributed by atoms with van der Waals surface area (Å²) in [6, 6.07) is 0. The van der Waals surface area contributed by atoms with Crippen molar-refractivity contribution in [2.75, 3.05) is 44.4 Å². The van der Waals surface area contributed by atoms with E-state index in [9.17, 15) is 0 Å². The van der Waals surface area contributed by atoms with Gasteiger partial charge in [-0.05, 0) is 24.4 Å². The van der Waals surface area contributed by atoms with Gasteiger partial charge in [-0.15, -0.1) is 0 Å². The summed E-state index contributed by atoms with van der Waals surface area (Å²) in [5.74, 6) is 0.655. The van der Waals surface area contributed by atoms with Gasteiger partial charge < -0.3 is 14.4 Å². The number of aromatic nitrogens is 3. The number of hydrogen-bond acceptors (Lipinski definition) is 7. The van der Waals surface area contributed by atoms with Crippen molar-refractivity contribution >= 4 is 29.3 Å². The number of halogens is 1. The summed E-state index contributed by atoms with van der Waals surface area (Å²) in [5.41, 5.74) is 0. The van der Waals surface area contributed by atoms with Crippen LogP contribution in [0.25, 0.3) is 0 Å². The van der Waals surface area contributed by atoms with Crippen molar-refractivity contribution in [3.63, 3.8) is 0 Å². The van der Waals surface area contributed by atoms with Crippen LogP contribution in [0.2, 0.25) is 5.28 Å². The molecule has 0 bridgehead atoms. The molecule has 6 nitrogen and oxygen atoms in total. The summed E-state index contributed by atoms with van der Waals surface area (Å²) in [4.78, 5) is 15.1. The third-order valence-corrected chi connectivity index (χ3v) is 4.68. The molecular weight excluding hydrogens is 300 g/mol. The average molecular weight is 317 g/mol. The van der Waals surface area contributed by atoms with Gasteiger partial charge in [0.25, 0.3) is 0 Å². The third-order valence-electron chi connectivity index (χ3n) is 3.31. The van der Waals surface area contributed by atoms with Crippen LogP contribution in [0.4, 0.5) is 5.95 Å². The molecule has 0 spiro atoms. The molecule has 1 aromatic heterocycles. The van der Waals surface area contributed by atoms with Crippen molar-refractivity contribution in [3.05, 3.63) is 5.28 Å². The first kappa shape index (κ1) is 14.3. The minimum Gasteiger partial charge on any atom is -0.381 e. The number of anilines is 1. The first-order chi connectivity index (χ1) is 9.81. The molecule has 0 aliphatic carbocycles. The topological polar surface area (TPSA) is 60.4 Å². The van der Waals surface area contributed by atoms with Gasteiger partial charge in [-0.25, -0.2) is 0 Å². The van der Waals surface area contributed by atoms with Gasteiger partial charge in [0.1, 0.15) is 0 Å². The van der Waals surface area contributed by atoms with Gasteiger partial charge in [-0.3, -0.25) is 0 Å². The summed E-state index contributed by atoms with van der Waals surface area (Å²) in [6.07, 6.45) is 2.06. The van der Waals surface area contributed by atoms with Crippen molar-refractivity contribution in [3.8, 4) is 0 Å². The Bertz CT molecular complexity index is 453. The van der Waals surface area contributed by atoms with E-state index in [1.54, 1.807) is 11.8 Å². The van der Waals surface area contributed by atoms with Crippen LogP contribution in [0.15, 0.2) is 5.16 Å². The van der Waals surface area contributed by atoms with Gasteiger partial charge in [-0.1, -0.05) is 11.8 Å². The number of rotatable bonds is 3. The van der Waals surface area contributed by atoms with Gasteiger partial charge in [0.2, 0.25) is 11.2 Å². The summed E-state index contributed by atoms with van der Waals surface area (Å²) < 4.78 is 10.7. The number of hydrogen-bond donors (Lipinski definition) is 0. The lowest BCUT2D eigenvalue weighted by molar-refractivity contribution is 0.1000. The zero-order chi connectivity index (χ0) is 13.8. The molecule has 2 saturated heterocycles. The second kappa shape index (κ2) is 6.89. The molecule has 2 aliphatic rings. The molecule has 0 radical (unpaired) electrons. The van der Waals surface area contributed by atoms with Crippen LogP contribution >= 0.6 is 23.4 Å². The molecule has 2 fully saturated rings. The summed E-state index contributed by atoms with van der Waals surface area (Å²) in [5, 5.41) is 1.47. The second-order valence-corrected chi connectivity index (χ2v) is 6.32. The molecule has 3 rings (SSSR count). The molecule has 0 N–H and O–H groups in total. The minimum atomic E-state index is 0.260. The van der Waals surface area contributed by atoms with Crippen LogP contribution in [-0.4, -0.2) is 59.7 Å². The molecule has 3 heterocycles. The second-order valence-electron chi connectivity index (χ2n) is 4.72. The molecule has 110 valence electrons. The Morgan fingerprint density at radius 3 is 2.45 bits per heavy atom. The normalized spacial score (nSPS) is 21.1. The Morgan fingerprint density at radius 1 is 1.00 bits per heavy atom. The smallest absolute Gasteiger partial charge is 0.230 e. The van der Waals surface area contributed by atoms with Crippen LogP contribution in [0.5, 0.6) is 0 Å². The van der Waals surface area contributed by atoms with Crippen LogP contribution in [-0.2, 0) is 9.47 Å². The molecule has 0 aromatic carbocycles. The highest BCUT2D eigenvalue weighted by Crippen LogP contribution is 2.28. The highest BCUT2D eigenvalue weighted by Gasteiger charge is 2.20. The highest BCUT2D eigenvalue weighted by atomic mass is 35.5. The van der Waals surface area contributed by atoms with Crippen molar-refractivity contribution in [2.45, 2.75) is 23.2 Å². The Hall–Kier alpha value is -0.630. The maximum Gasteiger partial charge on any atom is 0.230 e. The lowest BCUT2D eigenvalue weighted by Gasteiger charge is -2.27. The first-order valence-electron chi connectivity index (χ1n) is 6.80. The maximum absolute atomic E-state index is 6.03. The van der Waals surface area contributed by atoms with Crippen molar-refractivity contribution in [1.29, 1.82) is 0 Å². The highest BCUT2D eigenvalue weighted by molar-refractivity contribution is 7.99. The van der Waals surface area contributed by atoms with Crippen LogP contribution in [0.1, 0.15) is 12.8 Å². The van der Waals surface area contributed by atoms with E-state index in [4.69, 9.17) is 21.1 Å². The average Bonchev–Trinajstić information content (AvgIpc) is 2.49. The van der Waals surface area contributed by atoms with E-state index in [0.717, 1.165) is 39.1 Å². The SMILES string of the molecule is Clc1nc(SC2CCOCC2)nc(N2CCOCC2)n1. The molecule has 0 unspecified atom stereocenters. The largest absolute Gasteiger partial charge is 0.381 e. The Balaban J connectivity index is 1.71. The van der Waals surface area contributed by atoms with Crippen molar-refractivity contribution < 1.29 is 9.47 Å². The molecule has 0 amide bonds. The fourth-order valence-corrected chi connectivity index (χ4v) is 3.43. The summed E-state index contributed by atoms with van der Waals surface area (Å²) in [7, 11) is 0. The number of thioether (sulfide) groups is 1. The van der Waals surface area contributed by atoms with E-state index in [1.807, 2.05) is 0 Å². The molecule has 8 heteroatoms. The lowest BCUT2D eigenvalue weighted by Crippen LogP contribution is -2.37. The standard InChI is InChI=1S/C12H17ClN4O2S/c13-10-14-11(17-3-7-19-8-4-17)16-12(15-10)20-9-1-5-18-6-2-9/h9H,1-8H2. The maximum atomic E-state index is 6.03. The molecule has 2 aliphatic heterocycles. The number of morpholine rings is 1. The fraction of sp³-hybridized carbons (Fsp3) is 0.750. The number of ether oxygens (including phenoxy) is 2. The zero-order valence-corrected chi connectivity index (χ0v) is 12.7. The van der Waals surface area contributed by atoms with Gasteiger partial charge >= 0.3 is 0 Å². The third kappa shape index (κ3) is 3.72. The fourth-order valence-electron chi connectivity index (χ4n) is 2.22. The van der Waals surface area contributed by atoms with E-state index >= 15 is 0 Å². The van der Waals surface area contributed by atoms with E-state index in [-0.39, 0.29) is 5.28 Å². The van der Waals surface area contributed by atoms with Gasteiger partial charge in [0.15, 0.2) is 5.16 Å². The lowest BCUT2D eigenvalue weighted by atomic mass is 10.2. The Kier molecular flexibility index (Phi) is 4.93. The van der Waals surface area contributed by atoms with Crippen molar-refractivity contribution in [2.24, 2.45) is 0 Å². The monoisotopic (exact) mass is 316 g/mol. The zero-order valence-electron chi connectivity index (χ0n) is 11.1. The molecular formula is C12H17ClN4O2S. The van der Waals surface area contributed by atoms with Crippen LogP contribution < -0.4 is 4.90 Å². The van der Waals surface area contributed by atoms with E-state index in [1.165, 1.54) is 0 Å². The number of nitrogens with zero attached hydrogens (tertiary/aromatic N) is 4. The molecule has 20 heavy (non-hydrogen) atoms.